The number of piperidine rings is 1. The molecule has 1 fully saturated rings. The van der Waals surface area contributed by atoms with Crippen LogP contribution in [-0.2, 0) is 11.3 Å². The van der Waals surface area contributed by atoms with Crippen LogP contribution in [0.3, 0.4) is 0 Å². The summed E-state index contributed by atoms with van der Waals surface area (Å²) in [4.78, 5) is 2.19. The maximum absolute atomic E-state index is 14.1. The van der Waals surface area contributed by atoms with Crippen molar-refractivity contribution < 1.29 is 14.3 Å². The number of benzene rings is 1. The van der Waals surface area contributed by atoms with Crippen LogP contribution in [-0.4, -0.2) is 42.2 Å². The highest BCUT2D eigenvalue weighted by Gasteiger charge is 2.26. The third-order valence-corrected chi connectivity index (χ3v) is 4.13. The Morgan fingerprint density at radius 1 is 1.57 bits per heavy atom. The van der Waals surface area contributed by atoms with Gasteiger partial charge in [0.15, 0.2) is 5.84 Å². The fourth-order valence-electron chi connectivity index (χ4n) is 2.68. The highest BCUT2D eigenvalue weighted by atomic mass is 19.1. The van der Waals surface area contributed by atoms with Gasteiger partial charge in [0.2, 0.25) is 0 Å². The van der Waals surface area contributed by atoms with E-state index < -0.39 is 0 Å². The first-order valence-corrected chi connectivity index (χ1v) is 7.06. The molecular weight excluding hydrogens is 273 g/mol. The van der Waals surface area contributed by atoms with E-state index in [0.717, 1.165) is 19.5 Å². The zero-order valence-corrected chi connectivity index (χ0v) is 12.4. The van der Waals surface area contributed by atoms with Crippen LogP contribution in [0.25, 0.3) is 0 Å². The second-order valence-electron chi connectivity index (χ2n) is 5.57. The van der Waals surface area contributed by atoms with Gasteiger partial charge in [0, 0.05) is 31.3 Å². The number of amidine groups is 1. The molecule has 1 aliphatic heterocycles. The molecule has 1 aliphatic rings. The van der Waals surface area contributed by atoms with Crippen molar-refractivity contribution in [3.05, 3.63) is 35.1 Å². The number of nitrogens with two attached hydrogens (primary N) is 1. The number of hydrogen-bond acceptors (Lipinski definition) is 4. The summed E-state index contributed by atoms with van der Waals surface area (Å²) in [6.45, 7) is 4.45. The molecule has 0 aliphatic carbocycles. The molecule has 2 unspecified atom stereocenters. The number of halogens is 1. The largest absolute Gasteiger partial charge is 0.409 e. The molecule has 1 heterocycles. The summed E-state index contributed by atoms with van der Waals surface area (Å²) in [7, 11) is 1.72. The Hall–Kier alpha value is -1.66. The third-order valence-electron chi connectivity index (χ3n) is 4.13. The molecule has 0 amide bonds. The average Bonchev–Trinajstić information content (AvgIpc) is 2.50. The van der Waals surface area contributed by atoms with Crippen LogP contribution in [0.15, 0.2) is 23.4 Å². The van der Waals surface area contributed by atoms with Gasteiger partial charge in [0.1, 0.15) is 5.82 Å². The Morgan fingerprint density at radius 2 is 2.33 bits per heavy atom. The Bertz CT molecular complexity index is 522. The molecule has 1 aromatic carbocycles. The van der Waals surface area contributed by atoms with E-state index in [-0.39, 0.29) is 17.8 Å². The van der Waals surface area contributed by atoms with Crippen molar-refractivity contribution in [3.63, 3.8) is 0 Å². The van der Waals surface area contributed by atoms with Crippen LogP contribution < -0.4 is 5.73 Å². The Balaban J connectivity index is 2.06. The van der Waals surface area contributed by atoms with Gasteiger partial charge in [-0.05, 0) is 24.9 Å². The zero-order valence-electron chi connectivity index (χ0n) is 12.4. The van der Waals surface area contributed by atoms with Gasteiger partial charge in [0.25, 0.3) is 0 Å². The van der Waals surface area contributed by atoms with E-state index in [9.17, 15) is 4.39 Å². The SMILES string of the molecule is COC1CN(Cc2ccc(/C(N)=N/O)cc2F)CCC1C. The lowest BCUT2D eigenvalue weighted by molar-refractivity contribution is -0.00772. The van der Waals surface area contributed by atoms with Crippen LogP contribution >= 0.6 is 0 Å². The predicted molar refractivity (Wildman–Crippen MR) is 78.8 cm³/mol. The lowest BCUT2D eigenvalue weighted by Gasteiger charge is -2.36. The number of likely N-dealkylation sites (tertiary alicyclic amines) is 1. The molecule has 2 rings (SSSR count). The predicted octanol–water partition coefficient (Wildman–Crippen LogP) is 1.78. The number of methoxy groups -OCH3 is 1. The van der Waals surface area contributed by atoms with E-state index in [1.165, 1.54) is 6.07 Å². The van der Waals surface area contributed by atoms with E-state index in [2.05, 4.69) is 17.0 Å². The molecule has 21 heavy (non-hydrogen) atoms. The Labute approximate surface area is 124 Å². The van der Waals surface area contributed by atoms with E-state index in [4.69, 9.17) is 15.7 Å². The first kappa shape index (κ1) is 15.7. The number of rotatable bonds is 4. The molecule has 0 saturated carbocycles. The molecule has 1 aromatic rings. The van der Waals surface area contributed by atoms with Crippen molar-refractivity contribution in [1.82, 2.24) is 4.90 Å². The van der Waals surface area contributed by atoms with Gasteiger partial charge in [-0.15, -0.1) is 0 Å². The standard InChI is InChI=1S/C15H22FN3O2/c1-10-5-6-19(9-14(10)21-2)8-12-4-3-11(7-13(12)16)15(17)18-20/h3-4,7,10,14,20H,5-6,8-9H2,1-2H3,(H2,17,18). The molecule has 116 valence electrons. The molecule has 0 spiro atoms. The van der Waals surface area contributed by atoms with E-state index in [0.29, 0.717) is 23.6 Å². The summed E-state index contributed by atoms with van der Waals surface area (Å²) in [6, 6.07) is 4.64. The minimum atomic E-state index is -0.341. The maximum atomic E-state index is 14.1. The molecule has 3 N–H and O–H groups in total. The lowest BCUT2D eigenvalue weighted by Crippen LogP contribution is -2.43. The van der Waals surface area contributed by atoms with Gasteiger partial charge < -0.3 is 15.7 Å². The lowest BCUT2D eigenvalue weighted by atomic mass is 9.95. The Kier molecular flexibility index (Phi) is 5.14. The minimum Gasteiger partial charge on any atom is -0.409 e. The van der Waals surface area contributed by atoms with Gasteiger partial charge in [-0.2, -0.15) is 0 Å². The van der Waals surface area contributed by atoms with Gasteiger partial charge in [-0.25, -0.2) is 4.39 Å². The maximum Gasteiger partial charge on any atom is 0.170 e. The van der Waals surface area contributed by atoms with Crippen LogP contribution in [0, 0.1) is 11.7 Å². The van der Waals surface area contributed by atoms with Gasteiger partial charge in [-0.3, -0.25) is 4.90 Å². The summed E-state index contributed by atoms with van der Waals surface area (Å²) < 4.78 is 19.6. The van der Waals surface area contributed by atoms with Crippen molar-refractivity contribution in [2.75, 3.05) is 20.2 Å². The van der Waals surface area contributed by atoms with Crippen LogP contribution in [0.5, 0.6) is 0 Å². The molecule has 0 aromatic heterocycles. The summed E-state index contributed by atoms with van der Waals surface area (Å²) in [5.74, 6) is 0.0948. The molecule has 6 heteroatoms. The van der Waals surface area contributed by atoms with Crippen molar-refractivity contribution in [3.8, 4) is 0 Å². The van der Waals surface area contributed by atoms with Gasteiger partial charge in [-0.1, -0.05) is 24.2 Å². The second kappa shape index (κ2) is 6.87. The van der Waals surface area contributed by atoms with Crippen molar-refractivity contribution in [2.24, 2.45) is 16.8 Å². The Morgan fingerprint density at radius 3 is 2.95 bits per heavy atom. The van der Waals surface area contributed by atoms with Crippen molar-refractivity contribution >= 4 is 5.84 Å². The van der Waals surface area contributed by atoms with E-state index in [1.54, 1.807) is 19.2 Å². The van der Waals surface area contributed by atoms with Crippen molar-refractivity contribution in [1.29, 1.82) is 0 Å². The average molecular weight is 295 g/mol. The van der Waals surface area contributed by atoms with Crippen molar-refractivity contribution in [2.45, 2.75) is 26.0 Å². The summed E-state index contributed by atoms with van der Waals surface area (Å²) >= 11 is 0. The molecular formula is C15H22FN3O2. The summed E-state index contributed by atoms with van der Waals surface area (Å²) in [5.41, 5.74) is 6.44. The van der Waals surface area contributed by atoms with E-state index >= 15 is 0 Å². The third kappa shape index (κ3) is 3.71. The number of ether oxygens (including phenoxy) is 1. The summed E-state index contributed by atoms with van der Waals surface area (Å²) in [5, 5.41) is 11.5. The smallest absolute Gasteiger partial charge is 0.170 e. The minimum absolute atomic E-state index is 0.0910. The van der Waals surface area contributed by atoms with Crippen LogP contribution in [0.2, 0.25) is 0 Å². The molecule has 0 bridgehead atoms. The van der Waals surface area contributed by atoms with E-state index in [1.807, 2.05) is 0 Å². The first-order chi connectivity index (χ1) is 10.0. The first-order valence-electron chi connectivity index (χ1n) is 7.06. The molecule has 0 radical (unpaired) electrons. The molecule has 2 atom stereocenters. The van der Waals surface area contributed by atoms with Gasteiger partial charge >= 0.3 is 0 Å². The summed E-state index contributed by atoms with van der Waals surface area (Å²) in [6.07, 6.45) is 1.24. The topological polar surface area (TPSA) is 71.1 Å². The number of nitrogens with zero attached hydrogens (tertiary/aromatic N) is 2. The second-order valence-corrected chi connectivity index (χ2v) is 5.57. The van der Waals surface area contributed by atoms with Crippen LogP contribution in [0.4, 0.5) is 4.39 Å². The highest BCUT2D eigenvalue weighted by Crippen LogP contribution is 2.22. The monoisotopic (exact) mass is 295 g/mol. The molecule has 5 nitrogen and oxygen atoms in total. The number of hydrogen-bond donors (Lipinski definition) is 2. The fourth-order valence-corrected chi connectivity index (χ4v) is 2.68. The quantitative estimate of drug-likeness (QED) is 0.384. The molecule has 1 saturated heterocycles. The van der Waals surface area contributed by atoms with Gasteiger partial charge in [0.05, 0.1) is 6.10 Å². The fraction of sp³-hybridized carbons (Fsp3) is 0.533. The highest BCUT2D eigenvalue weighted by molar-refractivity contribution is 5.97. The normalized spacial score (nSPS) is 24.2. The number of oxime groups is 1. The van der Waals surface area contributed by atoms with Crippen LogP contribution in [0.1, 0.15) is 24.5 Å². The zero-order chi connectivity index (χ0) is 15.4.